The van der Waals surface area contributed by atoms with E-state index < -0.39 is 0 Å². The van der Waals surface area contributed by atoms with Crippen molar-refractivity contribution in [1.82, 2.24) is 9.80 Å². The second kappa shape index (κ2) is 6.82. The quantitative estimate of drug-likeness (QED) is 0.853. The number of nitrogens with zero attached hydrogens (tertiary/aromatic N) is 2. The Morgan fingerprint density at radius 2 is 1.86 bits per heavy atom. The number of likely N-dealkylation sites (tertiary alicyclic amines) is 2. The van der Waals surface area contributed by atoms with Gasteiger partial charge in [-0.1, -0.05) is 24.3 Å². The van der Waals surface area contributed by atoms with Gasteiger partial charge in [-0.05, 0) is 63.7 Å². The Morgan fingerprint density at radius 3 is 2.59 bits per heavy atom. The summed E-state index contributed by atoms with van der Waals surface area (Å²) in [6, 6.07) is 9.45. The molecule has 3 rings (SSSR count). The van der Waals surface area contributed by atoms with E-state index in [2.05, 4.69) is 48.0 Å². The first kappa shape index (κ1) is 15.5. The third-order valence-electron chi connectivity index (χ3n) is 5.51. The fourth-order valence-corrected chi connectivity index (χ4v) is 4.20. The Labute approximate surface area is 134 Å². The van der Waals surface area contributed by atoms with Crippen molar-refractivity contribution in [2.45, 2.75) is 57.5 Å². The molecule has 0 aliphatic carbocycles. The second-order valence-corrected chi connectivity index (χ2v) is 6.91. The maximum atomic E-state index is 12.7. The molecule has 0 bridgehead atoms. The molecular weight excluding hydrogens is 272 g/mol. The number of hydrogen-bond acceptors (Lipinski definition) is 2. The van der Waals surface area contributed by atoms with Crippen LogP contribution in [0.25, 0.3) is 0 Å². The molecule has 0 spiro atoms. The second-order valence-electron chi connectivity index (χ2n) is 6.91. The lowest BCUT2D eigenvalue weighted by atomic mass is 10.0. The van der Waals surface area contributed by atoms with Gasteiger partial charge in [0.1, 0.15) is 0 Å². The lowest BCUT2D eigenvalue weighted by molar-refractivity contribution is -0.132. The molecule has 2 fully saturated rings. The van der Waals surface area contributed by atoms with Crippen LogP contribution in [0.4, 0.5) is 0 Å². The van der Waals surface area contributed by atoms with E-state index in [9.17, 15) is 4.79 Å². The molecule has 22 heavy (non-hydrogen) atoms. The van der Waals surface area contributed by atoms with E-state index in [1.54, 1.807) is 0 Å². The fourth-order valence-electron chi connectivity index (χ4n) is 4.20. The molecule has 120 valence electrons. The summed E-state index contributed by atoms with van der Waals surface area (Å²) in [6.45, 7) is 4.28. The highest BCUT2D eigenvalue weighted by Gasteiger charge is 2.37. The number of likely N-dealkylation sites (N-methyl/N-ethyl adjacent to an activating group) is 1. The minimum atomic E-state index is 0.353. The third-order valence-corrected chi connectivity index (χ3v) is 5.51. The van der Waals surface area contributed by atoms with Gasteiger partial charge in [0.25, 0.3) is 0 Å². The van der Waals surface area contributed by atoms with Gasteiger partial charge >= 0.3 is 0 Å². The molecule has 1 aromatic carbocycles. The molecular formula is C19H28N2O. The van der Waals surface area contributed by atoms with Crippen LogP contribution >= 0.6 is 0 Å². The van der Waals surface area contributed by atoms with Crippen LogP contribution in [0.2, 0.25) is 0 Å². The minimum Gasteiger partial charge on any atom is -0.338 e. The first-order valence-corrected chi connectivity index (χ1v) is 8.71. The monoisotopic (exact) mass is 300 g/mol. The number of carbonyl (C=O) groups is 1. The zero-order valence-electron chi connectivity index (χ0n) is 13.9. The van der Waals surface area contributed by atoms with Gasteiger partial charge < -0.3 is 9.80 Å². The Morgan fingerprint density at radius 1 is 1.14 bits per heavy atom. The van der Waals surface area contributed by atoms with Gasteiger partial charge in [0, 0.05) is 25.0 Å². The molecule has 0 aromatic heterocycles. The van der Waals surface area contributed by atoms with Crippen LogP contribution in [0.15, 0.2) is 24.3 Å². The van der Waals surface area contributed by atoms with Crippen molar-refractivity contribution in [2.24, 2.45) is 0 Å². The highest BCUT2D eigenvalue weighted by Crippen LogP contribution is 2.29. The molecule has 1 aromatic rings. The van der Waals surface area contributed by atoms with Crippen LogP contribution in [0, 0.1) is 6.92 Å². The minimum absolute atomic E-state index is 0.353. The van der Waals surface area contributed by atoms with Gasteiger partial charge in [-0.25, -0.2) is 0 Å². The number of aryl methyl sites for hydroxylation is 2. The highest BCUT2D eigenvalue weighted by molar-refractivity contribution is 5.77. The van der Waals surface area contributed by atoms with E-state index in [4.69, 9.17) is 0 Å². The fraction of sp³-hybridized carbons (Fsp3) is 0.632. The summed E-state index contributed by atoms with van der Waals surface area (Å²) in [5.74, 6) is 0.353. The zero-order valence-corrected chi connectivity index (χ0v) is 13.9. The predicted molar refractivity (Wildman–Crippen MR) is 89.9 cm³/mol. The largest absolute Gasteiger partial charge is 0.338 e. The van der Waals surface area contributed by atoms with Gasteiger partial charge in [0.05, 0.1) is 0 Å². The molecule has 0 saturated carbocycles. The smallest absolute Gasteiger partial charge is 0.223 e. The molecule has 2 heterocycles. The number of benzene rings is 1. The highest BCUT2D eigenvalue weighted by atomic mass is 16.2. The maximum Gasteiger partial charge on any atom is 0.223 e. The van der Waals surface area contributed by atoms with Crippen LogP contribution in [-0.2, 0) is 11.2 Å². The predicted octanol–water partition coefficient (Wildman–Crippen LogP) is 3.01. The van der Waals surface area contributed by atoms with Crippen molar-refractivity contribution in [3.05, 3.63) is 35.4 Å². The van der Waals surface area contributed by atoms with Gasteiger partial charge in [-0.3, -0.25) is 4.79 Å². The summed E-state index contributed by atoms with van der Waals surface area (Å²) >= 11 is 0. The molecule has 0 N–H and O–H groups in total. The molecule has 2 aliphatic rings. The normalized spacial score (nSPS) is 25.8. The van der Waals surface area contributed by atoms with E-state index in [-0.39, 0.29) is 0 Å². The topological polar surface area (TPSA) is 23.6 Å². The summed E-state index contributed by atoms with van der Waals surface area (Å²) in [5.41, 5.74) is 2.60. The van der Waals surface area contributed by atoms with Gasteiger partial charge in [0.15, 0.2) is 0 Å². The maximum absolute atomic E-state index is 12.7. The SMILES string of the molecule is Cc1ccccc1CCC(=O)N1CCC[C@@H]1[C@@H]1CCCN1C. The van der Waals surface area contributed by atoms with Crippen LogP contribution in [-0.4, -0.2) is 47.9 Å². The molecule has 2 aliphatic heterocycles. The summed E-state index contributed by atoms with van der Waals surface area (Å²) in [4.78, 5) is 17.4. The Balaban J connectivity index is 1.60. The lowest BCUT2D eigenvalue weighted by Gasteiger charge is -2.33. The zero-order chi connectivity index (χ0) is 15.5. The van der Waals surface area contributed by atoms with E-state index in [0.29, 0.717) is 24.4 Å². The van der Waals surface area contributed by atoms with Crippen molar-refractivity contribution in [3.63, 3.8) is 0 Å². The third kappa shape index (κ3) is 3.19. The molecule has 3 heteroatoms. The number of hydrogen-bond donors (Lipinski definition) is 0. The number of amides is 1. The van der Waals surface area contributed by atoms with Crippen molar-refractivity contribution < 1.29 is 4.79 Å². The average molecular weight is 300 g/mol. The number of carbonyl (C=O) groups excluding carboxylic acids is 1. The molecule has 2 saturated heterocycles. The van der Waals surface area contributed by atoms with E-state index >= 15 is 0 Å². The Bertz CT molecular complexity index is 528. The van der Waals surface area contributed by atoms with Gasteiger partial charge in [-0.2, -0.15) is 0 Å². The summed E-state index contributed by atoms with van der Waals surface area (Å²) in [5, 5.41) is 0. The first-order valence-electron chi connectivity index (χ1n) is 8.71. The molecule has 1 amide bonds. The van der Waals surface area contributed by atoms with Crippen LogP contribution in [0.1, 0.15) is 43.2 Å². The van der Waals surface area contributed by atoms with E-state index in [1.165, 1.54) is 43.4 Å². The lowest BCUT2D eigenvalue weighted by Crippen LogP contribution is -2.47. The van der Waals surface area contributed by atoms with Crippen molar-refractivity contribution in [3.8, 4) is 0 Å². The van der Waals surface area contributed by atoms with Gasteiger partial charge in [-0.15, -0.1) is 0 Å². The van der Waals surface area contributed by atoms with Crippen LogP contribution in [0.3, 0.4) is 0 Å². The first-order chi connectivity index (χ1) is 10.7. The van der Waals surface area contributed by atoms with E-state index in [0.717, 1.165) is 13.0 Å². The Hall–Kier alpha value is -1.35. The summed E-state index contributed by atoms with van der Waals surface area (Å²) in [6.07, 6.45) is 6.41. The molecule has 2 atom stereocenters. The Kier molecular flexibility index (Phi) is 4.82. The average Bonchev–Trinajstić information content (AvgIpc) is 3.14. The standard InChI is InChI=1S/C19H28N2O/c1-15-7-3-4-8-16(15)11-12-19(22)21-14-6-10-18(21)17-9-5-13-20(17)2/h3-4,7-8,17-18H,5-6,9-14H2,1-2H3/t17-,18+/m0/s1. The van der Waals surface area contributed by atoms with E-state index in [1.807, 2.05) is 0 Å². The molecule has 0 radical (unpaired) electrons. The van der Waals surface area contributed by atoms with Crippen LogP contribution < -0.4 is 0 Å². The van der Waals surface area contributed by atoms with Crippen molar-refractivity contribution >= 4 is 5.91 Å². The molecule has 3 nitrogen and oxygen atoms in total. The van der Waals surface area contributed by atoms with Crippen molar-refractivity contribution in [2.75, 3.05) is 20.1 Å². The van der Waals surface area contributed by atoms with Crippen molar-refractivity contribution in [1.29, 1.82) is 0 Å². The summed E-state index contributed by atoms with van der Waals surface area (Å²) in [7, 11) is 2.21. The number of rotatable bonds is 4. The van der Waals surface area contributed by atoms with Crippen LogP contribution in [0.5, 0.6) is 0 Å². The summed E-state index contributed by atoms with van der Waals surface area (Å²) < 4.78 is 0. The van der Waals surface area contributed by atoms with Gasteiger partial charge in [0.2, 0.25) is 5.91 Å². The molecule has 0 unspecified atom stereocenters.